The number of anilines is 1. The fraction of sp³-hybridized carbons (Fsp3) is 0.125. The zero-order valence-corrected chi connectivity index (χ0v) is 6.21. The summed E-state index contributed by atoms with van der Waals surface area (Å²) in [6.45, 7) is 1.85. The van der Waals surface area contributed by atoms with Crippen LogP contribution in [-0.4, -0.2) is 4.98 Å². The van der Waals surface area contributed by atoms with Gasteiger partial charge in [-0.1, -0.05) is 6.08 Å². The molecule has 0 spiro atoms. The van der Waals surface area contributed by atoms with Crippen molar-refractivity contribution in [2.75, 3.05) is 5.73 Å². The largest absolute Gasteiger partial charge is 0.397 e. The van der Waals surface area contributed by atoms with E-state index in [0.717, 1.165) is 6.20 Å². The Kier molecular flexibility index (Phi) is 2.21. The topological polar surface area (TPSA) is 38.9 Å². The van der Waals surface area contributed by atoms with Crippen LogP contribution in [0, 0.1) is 5.82 Å². The number of hydrogen-bond donors (Lipinski definition) is 1. The molecule has 0 unspecified atom stereocenters. The minimum Gasteiger partial charge on any atom is -0.397 e. The lowest BCUT2D eigenvalue weighted by Crippen LogP contribution is -1.93. The van der Waals surface area contributed by atoms with Gasteiger partial charge in [-0.05, 0) is 13.0 Å². The number of nitrogens with two attached hydrogens (primary N) is 1. The van der Waals surface area contributed by atoms with Crippen LogP contribution in [0.4, 0.5) is 10.1 Å². The zero-order chi connectivity index (χ0) is 8.27. The van der Waals surface area contributed by atoms with Crippen LogP contribution in [0.2, 0.25) is 0 Å². The summed E-state index contributed by atoms with van der Waals surface area (Å²) in [6, 6.07) is 1.25. The molecule has 0 aliphatic carbocycles. The summed E-state index contributed by atoms with van der Waals surface area (Å²) in [5.74, 6) is -0.407. The number of nitrogens with zero attached hydrogens (tertiary/aromatic N) is 1. The van der Waals surface area contributed by atoms with E-state index in [1.807, 2.05) is 6.92 Å². The molecular formula is C8H9FN2. The number of nitrogen functional groups attached to an aromatic ring is 1. The van der Waals surface area contributed by atoms with Gasteiger partial charge >= 0.3 is 0 Å². The Morgan fingerprint density at radius 2 is 2.36 bits per heavy atom. The molecule has 0 aliphatic heterocycles. The Morgan fingerprint density at radius 3 is 2.91 bits per heavy atom. The van der Waals surface area contributed by atoms with Crippen molar-refractivity contribution < 1.29 is 4.39 Å². The Labute approximate surface area is 64.6 Å². The molecule has 58 valence electrons. The maximum Gasteiger partial charge on any atom is 0.143 e. The molecule has 1 aromatic heterocycles. The van der Waals surface area contributed by atoms with Gasteiger partial charge in [0.05, 0.1) is 17.6 Å². The third-order valence-electron chi connectivity index (χ3n) is 1.24. The summed E-state index contributed by atoms with van der Waals surface area (Å²) in [5, 5.41) is 0. The van der Waals surface area contributed by atoms with E-state index < -0.39 is 5.82 Å². The molecule has 0 aromatic carbocycles. The second-order valence-corrected chi connectivity index (χ2v) is 2.13. The van der Waals surface area contributed by atoms with Crippen molar-refractivity contribution in [2.24, 2.45) is 0 Å². The van der Waals surface area contributed by atoms with Crippen molar-refractivity contribution in [3.8, 4) is 0 Å². The van der Waals surface area contributed by atoms with E-state index >= 15 is 0 Å². The van der Waals surface area contributed by atoms with Crippen LogP contribution in [0.5, 0.6) is 0 Å². The van der Waals surface area contributed by atoms with Gasteiger partial charge in [-0.15, -0.1) is 0 Å². The van der Waals surface area contributed by atoms with E-state index in [2.05, 4.69) is 4.98 Å². The van der Waals surface area contributed by atoms with Crippen LogP contribution in [0.25, 0.3) is 6.08 Å². The predicted octanol–water partition coefficient (Wildman–Crippen LogP) is 1.84. The third kappa shape index (κ3) is 1.77. The molecule has 0 bridgehead atoms. The fourth-order valence-corrected chi connectivity index (χ4v) is 0.763. The Bertz CT molecular complexity index is 281. The highest BCUT2D eigenvalue weighted by molar-refractivity contribution is 5.59. The maximum absolute atomic E-state index is 12.4. The van der Waals surface area contributed by atoms with Crippen LogP contribution in [-0.2, 0) is 0 Å². The second kappa shape index (κ2) is 3.14. The highest BCUT2D eigenvalue weighted by Crippen LogP contribution is 2.10. The zero-order valence-electron chi connectivity index (χ0n) is 6.21. The molecular weight excluding hydrogens is 143 g/mol. The molecule has 3 heteroatoms. The van der Waals surface area contributed by atoms with Gasteiger partial charge in [0.25, 0.3) is 0 Å². The van der Waals surface area contributed by atoms with E-state index in [4.69, 9.17) is 5.73 Å². The molecule has 0 aliphatic rings. The van der Waals surface area contributed by atoms with Gasteiger partial charge in [0.1, 0.15) is 5.82 Å². The van der Waals surface area contributed by atoms with E-state index in [1.54, 1.807) is 12.2 Å². The summed E-state index contributed by atoms with van der Waals surface area (Å²) in [4.78, 5) is 3.78. The van der Waals surface area contributed by atoms with Crippen LogP contribution in [0.3, 0.4) is 0 Å². The molecule has 1 rings (SSSR count). The highest BCUT2D eigenvalue weighted by Gasteiger charge is 1.96. The summed E-state index contributed by atoms with van der Waals surface area (Å²) >= 11 is 0. The SMILES string of the molecule is C/C=C/c1ncc(F)cc1N. The van der Waals surface area contributed by atoms with Crippen molar-refractivity contribution in [2.45, 2.75) is 6.92 Å². The van der Waals surface area contributed by atoms with E-state index in [1.165, 1.54) is 6.07 Å². The molecule has 11 heavy (non-hydrogen) atoms. The van der Waals surface area contributed by atoms with Gasteiger partial charge in [-0.25, -0.2) is 4.39 Å². The van der Waals surface area contributed by atoms with E-state index in [9.17, 15) is 4.39 Å². The molecule has 0 amide bonds. The van der Waals surface area contributed by atoms with Gasteiger partial charge in [0.2, 0.25) is 0 Å². The van der Waals surface area contributed by atoms with Crippen molar-refractivity contribution in [3.05, 3.63) is 29.9 Å². The van der Waals surface area contributed by atoms with Crippen LogP contribution >= 0.6 is 0 Å². The van der Waals surface area contributed by atoms with Gasteiger partial charge in [0.15, 0.2) is 0 Å². The summed E-state index contributed by atoms with van der Waals surface area (Å²) in [5.41, 5.74) is 6.42. The highest BCUT2D eigenvalue weighted by atomic mass is 19.1. The average molecular weight is 152 g/mol. The molecule has 1 aromatic rings. The predicted molar refractivity (Wildman–Crippen MR) is 43.3 cm³/mol. The number of aromatic nitrogens is 1. The van der Waals surface area contributed by atoms with Gasteiger partial charge in [-0.2, -0.15) is 0 Å². The van der Waals surface area contributed by atoms with Crippen LogP contribution in [0.15, 0.2) is 18.3 Å². The van der Waals surface area contributed by atoms with Crippen molar-refractivity contribution in [3.63, 3.8) is 0 Å². The lowest BCUT2D eigenvalue weighted by atomic mass is 10.3. The Hall–Kier alpha value is -1.38. The van der Waals surface area contributed by atoms with Gasteiger partial charge < -0.3 is 5.73 Å². The number of pyridine rings is 1. The maximum atomic E-state index is 12.4. The Balaban J connectivity index is 3.09. The lowest BCUT2D eigenvalue weighted by Gasteiger charge is -1.97. The first kappa shape index (κ1) is 7.72. The third-order valence-corrected chi connectivity index (χ3v) is 1.24. The molecule has 0 saturated carbocycles. The second-order valence-electron chi connectivity index (χ2n) is 2.13. The normalized spacial score (nSPS) is 10.7. The van der Waals surface area contributed by atoms with E-state index in [-0.39, 0.29) is 0 Å². The van der Waals surface area contributed by atoms with Crippen LogP contribution < -0.4 is 5.73 Å². The first-order chi connectivity index (χ1) is 5.24. The molecule has 2 N–H and O–H groups in total. The summed E-state index contributed by atoms with van der Waals surface area (Å²) < 4.78 is 12.4. The lowest BCUT2D eigenvalue weighted by molar-refractivity contribution is 0.622. The number of rotatable bonds is 1. The standard InChI is InChI=1S/C8H9FN2/c1-2-3-8-7(10)4-6(9)5-11-8/h2-5H,10H2,1H3/b3-2+. The smallest absolute Gasteiger partial charge is 0.143 e. The fourth-order valence-electron chi connectivity index (χ4n) is 0.763. The molecule has 1 heterocycles. The minimum atomic E-state index is -0.407. The molecule has 0 radical (unpaired) electrons. The summed E-state index contributed by atoms with van der Waals surface area (Å²) in [7, 11) is 0. The van der Waals surface area contributed by atoms with E-state index in [0.29, 0.717) is 11.4 Å². The molecule has 0 saturated heterocycles. The van der Waals surface area contributed by atoms with Crippen molar-refractivity contribution >= 4 is 11.8 Å². The van der Waals surface area contributed by atoms with Gasteiger partial charge in [-0.3, -0.25) is 4.98 Å². The molecule has 0 fully saturated rings. The number of halogens is 1. The van der Waals surface area contributed by atoms with Gasteiger partial charge in [0, 0.05) is 6.07 Å². The van der Waals surface area contributed by atoms with Crippen molar-refractivity contribution in [1.82, 2.24) is 4.98 Å². The van der Waals surface area contributed by atoms with Crippen LogP contribution in [0.1, 0.15) is 12.6 Å². The molecule has 0 atom stereocenters. The summed E-state index contributed by atoms with van der Waals surface area (Å²) in [6.07, 6.45) is 4.68. The minimum absolute atomic E-state index is 0.364. The number of hydrogen-bond acceptors (Lipinski definition) is 2. The average Bonchev–Trinajstić information content (AvgIpc) is 1.95. The first-order valence-electron chi connectivity index (χ1n) is 3.27. The quantitative estimate of drug-likeness (QED) is 0.666. The first-order valence-corrected chi connectivity index (χ1v) is 3.27. The number of allylic oxidation sites excluding steroid dienone is 1. The Morgan fingerprint density at radius 1 is 1.64 bits per heavy atom. The molecule has 2 nitrogen and oxygen atoms in total. The van der Waals surface area contributed by atoms with Crippen molar-refractivity contribution in [1.29, 1.82) is 0 Å². The monoisotopic (exact) mass is 152 g/mol.